The van der Waals surface area contributed by atoms with Crippen LogP contribution in [0.2, 0.25) is 0 Å². The standard InChI is InChI=1S/C20H21NO3S.ClH/c1-22-18-10-16(20(21)15-8-9-25-13-15)17(11-19(18)23-2)24-12-14-6-4-3-5-7-14;/h3-11,13,20H,12,21H2,1-2H3;1H/t20-;/m1./s1. The number of benzene rings is 2. The third-order valence-corrected chi connectivity index (χ3v) is 4.69. The largest absolute Gasteiger partial charge is 0.493 e. The molecule has 4 nitrogen and oxygen atoms in total. The smallest absolute Gasteiger partial charge is 0.164 e. The van der Waals surface area contributed by atoms with E-state index in [-0.39, 0.29) is 18.4 Å². The van der Waals surface area contributed by atoms with E-state index in [0.717, 1.165) is 16.7 Å². The number of hydrogen-bond acceptors (Lipinski definition) is 5. The minimum absolute atomic E-state index is 0. The Balaban J connectivity index is 0.00000243. The highest BCUT2D eigenvalue weighted by atomic mass is 35.5. The number of ether oxygens (including phenoxy) is 3. The van der Waals surface area contributed by atoms with Gasteiger partial charge in [0, 0.05) is 11.6 Å². The van der Waals surface area contributed by atoms with Gasteiger partial charge in [0.1, 0.15) is 12.4 Å². The molecule has 3 aromatic rings. The molecule has 1 aromatic heterocycles. The summed E-state index contributed by atoms with van der Waals surface area (Å²) < 4.78 is 16.9. The highest BCUT2D eigenvalue weighted by Gasteiger charge is 2.19. The van der Waals surface area contributed by atoms with Crippen LogP contribution in [0.5, 0.6) is 17.2 Å². The van der Waals surface area contributed by atoms with Gasteiger partial charge >= 0.3 is 0 Å². The highest BCUT2D eigenvalue weighted by molar-refractivity contribution is 7.08. The van der Waals surface area contributed by atoms with Gasteiger partial charge in [-0.3, -0.25) is 0 Å². The lowest BCUT2D eigenvalue weighted by Gasteiger charge is -2.19. The van der Waals surface area contributed by atoms with Crippen molar-refractivity contribution in [3.05, 3.63) is 76.0 Å². The molecule has 0 saturated heterocycles. The second-order valence-corrected chi connectivity index (χ2v) is 6.33. The van der Waals surface area contributed by atoms with E-state index in [4.69, 9.17) is 19.9 Å². The molecule has 2 N–H and O–H groups in total. The maximum absolute atomic E-state index is 6.48. The van der Waals surface area contributed by atoms with Crippen molar-refractivity contribution in [3.63, 3.8) is 0 Å². The molecule has 1 atom stereocenters. The molecule has 6 heteroatoms. The topological polar surface area (TPSA) is 53.7 Å². The van der Waals surface area contributed by atoms with E-state index in [9.17, 15) is 0 Å². The lowest BCUT2D eigenvalue weighted by Crippen LogP contribution is -2.13. The molecule has 2 aromatic carbocycles. The van der Waals surface area contributed by atoms with Crippen LogP contribution in [0.25, 0.3) is 0 Å². The SMILES string of the molecule is COc1cc(OCc2ccccc2)c([C@H](N)c2ccsc2)cc1OC.Cl. The van der Waals surface area contributed by atoms with Gasteiger partial charge in [0.05, 0.1) is 20.3 Å². The fourth-order valence-electron chi connectivity index (χ4n) is 2.61. The maximum Gasteiger partial charge on any atom is 0.164 e. The van der Waals surface area contributed by atoms with Gasteiger partial charge in [-0.05, 0) is 34.0 Å². The summed E-state index contributed by atoms with van der Waals surface area (Å²) in [5.74, 6) is 1.95. The van der Waals surface area contributed by atoms with Crippen LogP contribution in [0.15, 0.2) is 59.3 Å². The molecule has 0 unspecified atom stereocenters. The minimum atomic E-state index is -0.295. The van der Waals surface area contributed by atoms with Gasteiger partial charge < -0.3 is 19.9 Å². The highest BCUT2D eigenvalue weighted by Crippen LogP contribution is 2.39. The van der Waals surface area contributed by atoms with Crippen LogP contribution >= 0.6 is 23.7 Å². The number of rotatable bonds is 7. The zero-order chi connectivity index (χ0) is 17.6. The van der Waals surface area contributed by atoms with Crippen LogP contribution in [0, 0.1) is 0 Å². The predicted molar refractivity (Wildman–Crippen MR) is 108 cm³/mol. The Morgan fingerprint density at radius 1 is 0.962 bits per heavy atom. The molecule has 0 amide bonds. The molecule has 0 spiro atoms. The average Bonchev–Trinajstić information content (AvgIpc) is 3.20. The fourth-order valence-corrected chi connectivity index (χ4v) is 3.31. The van der Waals surface area contributed by atoms with Crippen LogP contribution in [-0.4, -0.2) is 14.2 Å². The number of nitrogens with two attached hydrogens (primary N) is 1. The lowest BCUT2D eigenvalue weighted by atomic mass is 10.0. The summed E-state index contributed by atoms with van der Waals surface area (Å²) in [6.45, 7) is 0.458. The second kappa shape index (κ2) is 9.48. The van der Waals surface area contributed by atoms with Gasteiger partial charge in [-0.2, -0.15) is 11.3 Å². The van der Waals surface area contributed by atoms with Gasteiger partial charge in [-0.1, -0.05) is 30.3 Å². The Labute approximate surface area is 163 Å². The van der Waals surface area contributed by atoms with Crippen molar-refractivity contribution in [1.82, 2.24) is 0 Å². The molecule has 0 saturated carbocycles. The summed E-state index contributed by atoms with van der Waals surface area (Å²) in [6.07, 6.45) is 0. The average molecular weight is 392 g/mol. The third kappa shape index (κ3) is 4.49. The molecule has 0 radical (unpaired) electrons. The first-order valence-electron chi connectivity index (χ1n) is 7.93. The molecule has 0 aliphatic carbocycles. The fraction of sp³-hybridized carbons (Fsp3) is 0.200. The molecule has 0 bridgehead atoms. The summed E-state index contributed by atoms with van der Waals surface area (Å²) in [5, 5.41) is 4.06. The Kier molecular flexibility index (Phi) is 7.33. The van der Waals surface area contributed by atoms with Crippen LogP contribution < -0.4 is 19.9 Å². The van der Waals surface area contributed by atoms with E-state index < -0.39 is 0 Å². The first-order valence-corrected chi connectivity index (χ1v) is 8.87. The number of hydrogen-bond donors (Lipinski definition) is 1. The zero-order valence-electron chi connectivity index (χ0n) is 14.7. The Hall–Kier alpha value is -2.21. The lowest BCUT2D eigenvalue weighted by molar-refractivity contribution is 0.296. The summed E-state index contributed by atoms with van der Waals surface area (Å²) in [5.41, 5.74) is 9.48. The van der Waals surface area contributed by atoms with Crippen molar-refractivity contribution in [3.8, 4) is 17.2 Å². The Bertz CT molecular complexity index is 809. The number of halogens is 1. The summed E-state index contributed by atoms with van der Waals surface area (Å²) in [4.78, 5) is 0. The molecular weight excluding hydrogens is 370 g/mol. The molecule has 0 fully saturated rings. The van der Waals surface area contributed by atoms with Crippen LogP contribution in [0.4, 0.5) is 0 Å². The van der Waals surface area contributed by atoms with Crippen LogP contribution in [0.1, 0.15) is 22.7 Å². The van der Waals surface area contributed by atoms with E-state index in [2.05, 4.69) is 0 Å². The second-order valence-electron chi connectivity index (χ2n) is 5.55. The molecule has 0 aliphatic rings. The first-order chi connectivity index (χ1) is 12.2. The Morgan fingerprint density at radius 2 is 1.65 bits per heavy atom. The quantitative estimate of drug-likeness (QED) is 0.627. The number of thiophene rings is 1. The van der Waals surface area contributed by atoms with Crippen LogP contribution in [-0.2, 0) is 6.61 Å². The molecular formula is C20H22ClNO3S. The molecule has 26 heavy (non-hydrogen) atoms. The predicted octanol–water partition coefficient (Wildman–Crippen LogP) is 4.81. The Morgan fingerprint density at radius 3 is 2.27 bits per heavy atom. The van der Waals surface area contributed by atoms with Crippen molar-refractivity contribution in [2.75, 3.05) is 14.2 Å². The van der Waals surface area contributed by atoms with E-state index in [1.807, 2.05) is 59.3 Å². The van der Waals surface area contributed by atoms with Gasteiger partial charge in [0.15, 0.2) is 11.5 Å². The van der Waals surface area contributed by atoms with E-state index >= 15 is 0 Å². The molecule has 138 valence electrons. The maximum atomic E-state index is 6.48. The summed E-state index contributed by atoms with van der Waals surface area (Å²) in [6, 6.07) is 15.5. The minimum Gasteiger partial charge on any atom is -0.493 e. The monoisotopic (exact) mass is 391 g/mol. The van der Waals surface area contributed by atoms with Crippen molar-refractivity contribution in [1.29, 1.82) is 0 Å². The van der Waals surface area contributed by atoms with Gasteiger partial charge in [0.25, 0.3) is 0 Å². The first kappa shape index (κ1) is 20.1. The third-order valence-electron chi connectivity index (χ3n) is 3.99. The van der Waals surface area contributed by atoms with Crippen molar-refractivity contribution >= 4 is 23.7 Å². The van der Waals surface area contributed by atoms with Gasteiger partial charge in [-0.15, -0.1) is 12.4 Å². The van der Waals surface area contributed by atoms with E-state index in [1.165, 1.54) is 0 Å². The van der Waals surface area contributed by atoms with E-state index in [1.54, 1.807) is 25.6 Å². The summed E-state index contributed by atoms with van der Waals surface area (Å²) in [7, 11) is 3.22. The van der Waals surface area contributed by atoms with Gasteiger partial charge in [-0.25, -0.2) is 0 Å². The van der Waals surface area contributed by atoms with Gasteiger partial charge in [0.2, 0.25) is 0 Å². The van der Waals surface area contributed by atoms with Crippen LogP contribution in [0.3, 0.4) is 0 Å². The van der Waals surface area contributed by atoms with Crippen molar-refractivity contribution in [2.24, 2.45) is 5.73 Å². The summed E-state index contributed by atoms with van der Waals surface area (Å²) >= 11 is 1.62. The molecule has 3 rings (SSSR count). The molecule has 0 aliphatic heterocycles. The normalized spacial score (nSPS) is 11.3. The van der Waals surface area contributed by atoms with Crippen molar-refractivity contribution < 1.29 is 14.2 Å². The zero-order valence-corrected chi connectivity index (χ0v) is 16.3. The number of methoxy groups -OCH3 is 2. The van der Waals surface area contributed by atoms with E-state index in [0.29, 0.717) is 23.9 Å². The van der Waals surface area contributed by atoms with Crippen molar-refractivity contribution in [2.45, 2.75) is 12.6 Å². The molecule has 1 heterocycles.